The highest BCUT2D eigenvalue weighted by Crippen LogP contribution is 2.30. The van der Waals surface area contributed by atoms with E-state index in [1.165, 1.54) is 0 Å². The molecule has 1 aliphatic rings. The highest BCUT2D eigenvalue weighted by Gasteiger charge is 2.24. The van der Waals surface area contributed by atoms with Crippen molar-refractivity contribution in [3.8, 4) is 11.5 Å². The average Bonchev–Trinajstić information content (AvgIpc) is 2.50. The van der Waals surface area contributed by atoms with Crippen molar-refractivity contribution in [1.82, 2.24) is 10.6 Å². The topological polar surface area (TPSA) is 85.9 Å². The van der Waals surface area contributed by atoms with Gasteiger partial charge in [0.15, 0.2) is 11.5 Å². The van der Waals surface area contributed by atoms with Gasteiger partial charge in [-0.2, -0.15) is 0 Å². The Kier molecular flexibility index (Phi) is 5.54. The lowest BCUT2D eigenvalue weighted by atomic mass is 10.2. The van der Waals surface area contributed by atoms with Gasteiger partial charge in [-0.3, -0.25) is 4.79 Å². The summed E-state index contributed by atoms with van der Waals surface area (Å²) in [4.78, 5) is 23.7. The summed E-state index contributed by atoms with van der Waals surface area (Å²) in [5, 5.41) is 5.23. The SMILES string of the molecule is CC(NC(=O)OC(C)(C)C)C(=O)NCC1COc2ccccc2O1. The molecule has 0 radical (unpaired) electrons. The second kappa shape index (κ2) is 7.42. The number of hydrogen-bond acceptors (Lipinski definition) is 5. The van der Waals surface area contributed by atoms with Gasteiger partial charge in [-0.1, -0.05) is 12.1 Å². The molecule has 2 atom stereocenters. The molecule has 132 valence electrons. The summed E-state index contributed by atoms with van der Waals surface area (Å²) in [5.74, 6) is 1.03. The van der Waals surface area contributed by atoms with Crippen LogP contribution < -0.4 is 20.1 Å². The molecule has 0 saturated heterocycles. The van der Waals surface area contributed by atoms with Crippen LogP contribution in [-0.4, -0.2) is 42.9 Å². The molecule has 0 fully saturated rings. The summed E-state index contributed by atoms with van der Waals surface area (Å²) >= 11 is 0. The van der Waals surface area contributed by atoms with Gasteiger partial charge < -0.3 is 24.8 Å². The average molecular weight is 336 g/mol. The molecule has 7 heteroatoms. The first-order valence-electron chi connectivity index (χ1n) is 7.90. The molecular weight excluding hydrogens is 312 g/mol. The number of fused-ring (bicyclic) bond motifs is 1. The summed E-state index contributed by atoms with van der Waals surface area (Å²) in [6.45, 7) is 7.51. The predicted molar refractivity (Wildman–Crippen MR) is 88.2 cm³/mol. The minimum absolute atomic E-state index is 0.280. The maximum atomic E-state index is 12.1. The van der Waals surface area contributed by atoms with E-state index >= 15 is 0 Å². The van der Waals surface area contributed by atoms with Crippen molar-refractivity contribution in [2.24, 2.45) is 0 Å². The zero-order valence-corrected chi connectivity index (χ0v) is 14.4. The van der Waals surface area contributed by atoms with Gasteiger partial charge in [0.05, 0.1) is 6.54 Å². The van der Waals surface area contributed by atoms with Crippen LogP contribution in [0, 0.1) is 0 Å². The molecule has 0 spiro atoms. The van der Waals surface area contributed by atoms with E-state index in [0.717, 1.165) is 0 Å². The maximum absolute atomic E-state index is 12.1. The van der Waals surface area contributed by atoms with Crippen LogP contribution in [0.1, 0.15) is 27.7 Å². The lowest BCUT2D eigenvalue weighted by Crippen LogP contribution is -2.49. The van der Waals surface area contributed by atoms with Gasteiger partial charge in [0.25, 0.3) is 0 Å². The van der Waals surface area contributed by atoms with E-state index in [9.17, 15) is 9.59 Å². The third-order valence-electron chi connectivity index (χ3n) is 3.20. The fraction of sp³-hybridized carbons (Fsp3) is 0.529. The molecule has 0 saturated carbocycles. The zero-order valence-electron chi connectivity index (χ0n) is 14.4. The number of alkyl carbamates (subject to hydrolysis) is 1. The van der Waals surface area contributed by atoms with Gasteiger partial charge >= 0.3 is 6.09 Å². The fourth-order valence-corrected chi connectivity index (χ4v) is 2.08. The molecule has 1 aromatic rings. The van der Waals surface area contributed by atoms with E-state index < -0.39 is 17.7 Å². The van der Waals surface area contributed by atoms with Crippen LogP contribution in [0.5, 0.6) is 11.5 Å². The molecule has 7 nitrogen and oxygen atoms in total. The third-order valence-corrected chi connectivity index (χ3v) is 3.20. The maximum Gasteiger partial charge on any atom is 0.408 e. The van der Waals surface area contributed by atoms with Gasteiger partial charge in [-0.05, 0) is 39.8 Å². The van der Waals surface area contributed by atoms with E-state index in [2.05, 4.69) is 10.6 Å². The number of hydrogen-bond donors (Lipinski definition) is 2. The monoisotopic (exact) mass is 336 g/mol. The predicted octanol–water partition coefficient (Wildman–Crippen LogP) is 1.86. The molecule has 0 aromatic heterocycles. The number of carbonyl (C=O) groups is 2. The Morgan fingerprint density at radius 2 is 1.96 bits per heavy atom. The molecule has 0 aliphatic carbocycles. The van der Waals surface area contributed by atoms with Crippen LogP contribution in [0.25, 0.3) is 0 Å². The number of rotatable bonds is 4. The molecule has 1 aliphatic heterocycles. The highest BCUT2D eigenvalue weighted by atomic mass is 16.6. The van der Waals surface area contributed by atoms with E-state index in [1.807, 2.05) is 24.3 Å². The van der Waals surface area contributed by atoms with Gasteiger partial charge in [0, 0.05) is 0 Å². The number of nitrogens with one attached hydrogen (secondary N) is 2. The largest absolute Gasteiger partial charge is 0.486 e. The minimum atomic E-state index is -0.711. The first-order chi connectivity index (χ1) is 11.2. The number of benzene rings is 1. The quantitative estimate of drug-likeness (QED) is 0.876. The molecule has 2 rings (SSSR count). The molecular formula is C17H24N2O5. The van der Waals surface area contributed by atoms with Crippen LogP contribution in [0.15, 0.2) is 24.3 Å². The number of para-hydroxylation sites is 2. The smallest absolute Gasteiger partial charge is 0.408 e. The van der Waals surface area contributed by atoms with E-state index in [4.69, 9.17) is 14.2 Å². The Balaban J connectivity index is 1.76. The molecule has 1 aromatic carbocycles. The molecule has 24 heavy (non-hydrogen) atoms. The van der Waals surface area contributed by atoms with E-state index in [-0.39, 0.29) is 18.6 Å². The number of amides is 2. The van der Waals surface area contributed by atoms with Crippen molar-refractivity contribution in [2.75, 3.05) is 13.2 Å². The lowest BCUT2D eigenvalue weighted by molar-refractivity contribution is -0.123. The van der Waals surface area contributed by atoms with Gasteiger partial charge in [-0.15, -0.1) is 0 Å². The minimum Gasteiger partial charge on any atom is -0.486 e. The van der Waals surface area contributed by atoms with Gasteiger partial charge in [-0.25, -0.2) is 4.79 Å². The fourth-order valence-electron chi connectivity index (χ4n) is 2.08. The van der Waals surface area contributed by atoms with Gasteiger partial charge in [0.1, 0.15) is 24.4 Å². The molecule has 0 bridgehead atoms. The van der Waals surface area contributed by atoms with Crippen molar-refractivity contribution in [1.29, 1.82) is 0 Å². The summed E-state index contributed by atoms with van der Waals surface area (Å²) < 4.78 is 16.5. The van der Waals surface area contributed by atoms with Crippen molar-refractivity contribution in [2.45, 2.75) is 45.4 Å². The number of ether oxygens (including phenoxy) is 3. The first kappa shape index (κ1) is 17.9. The summed E-state index contributed by atoms with van der Waals surface area (Å²) in [7, 11) is 0. The van der Waals surface area contributed by atoms with Crippen LogP contribution >= 0.6 is 0 Å². The molecule has 2 N–H and O–H groups in total. The Labute approximate surface area is 141 Å². The Morgan fingerprint density at radius 1 is 1.29 bits per heavy atom. The summed E-state index contributed by atoms with van der Waals surface area (Å²) in [6, 6.07) is 6.66. The van der Waals surface area contributed by atoms with E-state index in [1.54, 1.807) is 27.7 Å². The number of carbonyl (C=O) groups excluding carboxylic acids is 2. The summed E-state index contributed by atoms with van der Waals surface area (Å²) in [5.41, 5.74) is -0.610. The van der Waals surface area contributed by atoms with Gasteiger partial charge in [0.2, 0.25) is 5.91 Å². The second-order valence-corrected chi connectivity index (χ2v) is 6.61. The molecule has 2 amide bonds. The zero-order chi connectivity index (χ0) is 17.7. The normalized spacial score (nSPS) is 17.6. The molecule has 1 heterocycles. The Morgan fingerprint density at radius 3 is 2.62 bits per heavy atom. The Bertz CT molecular complexity index is 597. The third kappa shape index (κ3) is 5.33. The summed E-state index contributed by atoms with van der Waals surface area (Å²) in [6.07, 6.45) is -0.908. The molecule has 2 unspecified atom stereocenters. The van der Waals surface area contributed by atoms with Crippen LogP contribution in [-0.2, 0) is 9.53 Å². The van der Waals surface area contributed by atoms with Crippen LogP contribution in [0.3, 0.4) is 0 Å². The first-order valence-corrected chi connectivity index (χ1v) is 7.90. The second-order valence-electron chi connectivity index (χ2n) is 6.61. The van der Waals surface area contributed by atoms with Crippen LogP contribution in [0.4, 0.5) is 4.79 Å². The van der Waals surface area contributed by atoms with E-state index in [0.29, 0.717) is 18.1 Å². The van der Waals surface area contributed by atoms with Crippen molar-refractivity contribution in [3.05, 3.63) is 24.3 Å². The van der Waals surface area contributed by atoms with Crippen LogP contribution in [0.2, 0.25) is 0 Å². The lowest BCUT2D eigenvalue weighted by Gasteiger charge is -2.27. The van der Waals surface area contributed by atoms with Crippen molar-refractivity contribution in [3.63, 3.8) is 0 Å². The Hall–Kier alpha value is -2.44. The standard InChI is InChI=1S/C17H24N2O5/c1-11(19-16(21)24-17(2,3)4)15(20)18-9-12-10-22-13-7-5-6-8-14(13)23-12/h5-8,11-12H,9-10H2,1-4H3,(H,18,20)(H,19,21). The van der Waals surface area contributed by atoms with Crippen molar-refractivity contribution < 1.29 is 23.8 Å². The van der Waals surface area contributed by atoms with Crippen molar-refractivity contribution >= 4 is 12.0 Å². The highest BCUT2D eigenvalue weighted by molar-refractivity contribution is 5.85.